The van der Waals surface area contributed by atoms with Gasteiger partial charge in [0.25, 0.3) is 10.2 Å². The van der Waals surface area contributed by atoms with Gasteiger partial charge in [-0.15, -0.1) is 0 Å². The van der Waals surface area contributed by atoms with E-state index in [1.165, 1.54) is 20.7 Å². The number of benzene rings is 2. The monoisotopic (exact) mass is 421 g/mol. The van der Waals surface area contributed by atoms with E-state index >= 15 is 0 Å². The Labute approximate surface area is 170 Å². The van der Waals surface area contributed by atoms with Crippen LogP contribution in [-0.2, 0) is 21.5 Å². The molecule has 9 heteroatoms. The fourth-order valence-electron chi connectivity index (χ4n) is 3.09. The molecule has 0 unspecified atom stereocenters. The summed E-state index contributed by atoms with van der Waals surface area (Å²) in [7, 11) is -3.78. The first kappa shape index (κ1) is 21.2. The first-order chi connectivity index (χ1) is 13.9. The van der Waals surface area contributed by atoms with Crippen molar-refractivity contribution in [1.29, 1.82) is 0 Å². The van der Waals surface area contributed by atoms with Gasteiger partial charge < -0.3 is 10.1 Å². The molecule has 1 fully saturated rings. The average Bonchev–Trinajstić information content (AvgIpc) is 2.68. The summed E-state index contributed by atoms with van der Waals surface area (Å²) >= 11 is 0. The van der Waals surface area contributed by atoms with Crippen LogP contribution >= 0.6 is 0 Å². The maximum absolute atomic E-state index is 13.1. The van der Waals surface area contributed by atoms with E-state index in [1.54, 1.807) is 36.4 Å². The molecule has 0 spiro atoms. The van der Waals surface area contributed by atoms with Crippen LogP contribution in [-0.4, -0.2) is 49.2 Å². The van der Waals surface area contributed by atoms with Crippen molar-refractivity contribution in [3.8, 4) is 5.75 Å². The average molecular weight is 421 g/mol. The molecule has 1 aliphatic heterocycles. The Morgan fingerprint density at radius 3 is 2.38 bits per heavy atom. The van der Waals surface area contributed by atoms with Crippen LogP contribution in [0.3, 0.4) is 0 Å². The first-order valence-electron chi connectivity index (χ1n) is 9.41. The minimum Gasteiger partial charge on any atom is -0.494 e. The quantitative estimate of drug-likeness (QED) is 0.745. The van der Waals surface area contributed by atoms with Gasteiger partial charge in [0.05, 0.1) is 13.2 Å². The van der Waals surface area contributed by atoms with E-state index in [4.69, 9.17) is 4.74 Å². The molecular weight excluding hydrogens is 397 g/mol. The lowest BCUT2D eigenvalue weighted by atomic mass is 10.2. The van der Waals surface area contributed by atoms with E-state index in [1.807, 2.05) is 6.92 Å². The summed E-state index contributed by atoms with van der Waals surface area (Å²) in [6, 6.07) is 12.6. The number of nitrogens with one attached hydrogen (secondary N) is 1. The number of ether oxygens (including phenoxy) is 1. The molecule has 2 aromatic carbocycles. The Kier molecular flexibility index (Phi) is 6.83. The normalized spacial score (nSPS) is 17.0. The summed E-state index contributed by atoms with van der Waals surface area (Å²) in [4.78, 5) is 12.4. The molecule has 1 saturated heterocycles. The van der Waals surface area contributed by atoms with Crippen LogP contribution in [0.2, 0.25) is 0 Å². The zero-order valence-electron chi connectivity index (χ0n) is 16.2. The van der Waals surface area contributed by atoms with Crippen molar-refractivity contribution in [3.63, 3.8) is 0 Å². The number of anilines is 1. The highest BCUT2D eigenvalue weighted by Crippen LogP contribution is 2.20. The van der Waals surface area contributed by atoms with E-state index in [2.05, 4.69) is 5.32 Å². The van der Waals surface area contributed by atoms with Gasteiger partial charge in [0, 0.05) is 25.3 Å². The highest BCUT2D eigenvalue weighted by Gasteiger charge is 2.34. The number of carbonyl (C=O) groups excluding carboxylic acids is 1. The highest BCUT2D eigenvalue weighted by atomic mass is 32.2. The smallest absolute Gasteiger partial charge is 0.282 e. The molecule has 3 rings (SSSR count). The molecule has 0 aliphatic carbocycles. The fourth-order valence-corrected chi connectivity index (χ4v) is 4.73. The Bertz CT molecular complexity index is 933. The van der Waals surface area contributed by atoms with E-state index in [9.17, 15) is 17.6 Å². The molecular formula is C20H24FN3O4S. The Balaban J connectivity index is 1.61. The number of carbonyl (C=O) groups is 1. The molecule has 7 nitrogen and oxygen atoms in total. The summed E-state index contributed by atoms with van der Waals surface area (Å²) in [5.41, 5.74) is 1.26. The summed E-state index contributed by atoms with van der Waals surface area (Å²) < 4.78 is 46.7. The van der Waals surface area contributed by atoms with Crippen LogP contribution in [0.5, 0.6) is 5.75 Å². The van der Waals surface area contributed by atoms with Crippen LogP contribution in [0.25, 0.3) is 0 Å². The molecule has 1 amide bonds. The van der Waals surface area contributed by atoms with Gasteiger partial charge in [0.15, 0.2) is 0 Å². The Morgan fingerprint density at radius 1 is 1.07 bits per heavy atom. The van der Waals surface area contributed by atoms with Gasteiger partial charge in [-0.1, -0.05) is 12.1 Å². The van der Waals surface area contributed by atoms with Crippen molar-refractivity contribution in [2.45, 2.75) is 19.9 Å². The molecule has 0 atom stereocenters. The van der Waals surface area contributed by atoms with E-state index in [0.29, 0.717) is 36.6 Å². The molecule has 0 saturated carbocycles. The summed E-state index contributed by atoms with van der Waals surface area (Å²) in [6.07, 6.45) is 0.608. The fraction of sp³-hybridized carbons (Fsp3) is 0.350. The molecule has 1 aliphatic rings. The van der Waals surface area contributed by atoms with Crippen molar-refractivity contribution < 1.29 is 22.3 Å². The highest BCUT2D eigenvalue weighted by molar-refractivity contribution is 7.86. The minimum atomic E-state index is -3.78. The molecule has 0 radical (unpaired) electrons. The number of amides is 1. The molecule has 0 aromatic heterocycles. The molecule has 156 valence electrons. The zero-order valence-corrected chi connectivity index (χ0v) is 17.0. The van der Waals surface area contributed by atoms with Gasteiger partial charge in [0.1, 0.15) is 11.6 Å². The van der Waals surface area contributed by atoms with Crippen LogP contribution in [0.1, 0.15) is 18.9 Å². The lowest BCUT2D eigenvalue weighted by molar-refractivity contribution is -0.116. The van der Waals surface area contributed by atoms with Gasteiger partial charge in [-0.25, -0.2) is 4.39 Å². The summed E-state index contributed by atoms with van der Waals surface area (Å²) in [5, 5.41) is 2.71. The molecule has 29 heavy (non-hydrogen) atoms. The third kappa shape index (κ3) is 5.53. The van der Waals surface area contributed by atoms with Gasteiger partial charge >= 0.3 is 0 Å². The second-order valence-electron chi connectivity index (χ2n) is 6.66. The van der Waals surface area contributed by atoms with E-state index in [-0.39, 0.29) is 25.5 Å². The predicted octanol–water partition coefficient (Wildman–Crippen LogP) is 2.62. The number of rotatable bonds is 7. The van der Waals surface area contributed by atoms with Crippen molar-refractivity contribution in [2.75, 3.05) is 31.6 Å². The van der Waals surface area contributed by atoms with Gasteiger partial charge in [-0.3, -0.25) is 4.79 Å². The van der Waals surface area contributed by atoms with E-state index in [0.717, 1.165) is 0 Å². The second-order valence-corrected chi connectivity index (χ2v) is 8.59. The number of nitrogens with zero attached hydrogens (tertiary/aromatic N) is 2. The summed E-state index contributed by atoms with van der Waals surface area (Å²) in [5.74, 6) is -0.0928. The third-order valence-corrected chi connectivity index (χ3v) is 6.44. The van der Waals surface area contributed by atoms with E-state index < -0.39 is 16.1 Å². The lowest BCUT2D eigenvalue weighted by Gasteiger charge is -2.34. The largest absolute Gasteiger partial charge is 0.494 e. The van der Waals surface area contributed by atoms with Gasteiger partial charge in [-0.2, -0.15) is 17.0 Å². The molecule has 1 N–H and O–H groups in total. The standard InChI is InChI=1S/C20H24FN3O4S/c1-2-28-19-10-8-18(9-11-19)22-20(25)15-24-13-3-12-23(29(24,26)27)14-16-4-6-17(21)7-5-16/h4-11H,2-3,12-15H2,1H3,(H,22,25). The maximum Gasteiger partial charge on any atom is 0.282 e. The van der Waals surface area contributed by atoms with Gasteiger partial charge in [0.2, 0.25) is 5.91 Å². The minimum absolute atomic E-state index is 0.139. The van der Waals surface area contributed by atoms with Crippen LogP contribution in [0, 0.1) is 5.82 Å². The van der Waals surface area contributed by atoms with Crippen molar-refractivity contribution in [2.24, 2.45) is 0 Å². The number of hydrogen-bond acceptors (Lipinski definition) is 4. The van der Waals surface area contributed by atoms with Gasteiger partial charge in [-0.05, 0) is 55.3 Å². The van der Waals surface area contributed by atoms with Crippen LogP contribution < -0.4 is 10.1 Å². The lowest BCUT2D eigenvalue weighted by Crippen LogP contribution is -2.51. The topological polar surface area (TPSA) is 79.0 Å². The number of hydrogen-bond donors (Lipinski definition) is 1. The molecule has 1 heterocycles. The van der Waals surface area contributed by atoms with Crippen molar-refractivity contribution in [3.05, 3.63) is 59.9 Å². The van der Waals surface area contributed by atoms with Crippen molar-refractivity contribution >= 4 is 21.8 Å². The van der Waals surface area contributed by atoms with Crippen molar-refractivity contribution in [1.82, 2.24) is 8.61 Å². The third-order valence-electron chi connectivity index (χ3n) is 4.51. The van der Waals surface area contributed by atoms with Crippen LogP contribution in [0.15, 0.2) is 48.5 Å². The maximum atomic E-state index is 13.1. The zero-order chi connectivity index (χ0) is 20.9. The predicted molar refractivity (Wildman–Crippen MR) is 108 cm³/mol. The summed E-state index contributed by atoms with van der Waals surface area (Å²) in [6.45, 7) is 2.94. The molecule has 0 bridgehead atoms. The Hall–Kier alpha value is -2.49. The SMILES string of the molecule is CCOc1ccc(NC(=O)CN2CCCN(Cc3ccc(F)cc3)S2(=O)=O)cc1. The van der Waals surface area contributed by atoms with Crippen LogP contribution in [0.4, 0.5) is 10.1 Å². The Morgan fingerprint density at radius 2 is 1.72 bits per heavy atom. The number of halogens is 1. The molecule has 2 aromatic rings. The first-order valence-corrected chi connectivity index (χ1v) is 10.8. The second kappa shape index (κ2) is 9.34.